The number of hydrogen-bond donors (Lipinski definition) is 1. The highest BCUT2D eigenvalue weighted by Gasteiger charge is 2.29. The van der Waals surface area contributed by atoms with Gasteiger partial charge in [-0.15, -0.1) is 0 Å². The van der Waals surface area contributed by atoms with Crippen molar-refractivity contribution < 1.29 is 19.2 Å². The van der Waals surface area contributed by atoms with Crippen LogP contribution in [0.2, 0.25) is 0 Å². The van der Waals surface area contributed by atoms with Gasteiger partial charge in [-0.3, -0.25) is 24.6 Å². The SMILES string of the molecule is COc1ccccc1NC(=O)C1CCN(CC(=O)N2CCN(c3ccccc3[N+](=O)[O-])CC2)CC1. The van der Waals surface area contributed by atoms with Crippen molar-refractivity contribution in [3.8, 4) is 5.75 Å². The molecule has 2 aliphatic heterocycles. The van der Waals surface area contributed by atoms with Crippen molar-refractivity contribution in [2.24, 2.45) is 5.92 Å². The fraction of sp³-hybridized carbons (Fsp3) is 0.440. The second kappa shape index (κ2) is 11.2. The van der Waals surface area contributed by atoms with Crippen molar-refractivity contribution in [2.45, 2.75) is 12.8 Å². The first-order chi connectivity index (χ1) is 17.0. The van der Waals surface area contributed by atoms with Crippen LogP contribution in [0.15, 0.2) is 48.5 Å². The molecule has 0 aromatic heterocycles. The largest absolute Gasteiger partial charge is 0.495 e. The van der Waals surface area contributed by atoms with Gasteiger partial charge in [-0.25, -0.2) is 0 Å². The smallest absolute Gasteiger partial charge is 0.292 e. The van der Waals surface area contributed by atoms with Crippen LogP contribution < -0.4 is 15.0 Å². The third-order valence-electron chi connectivity index (χ3n) is 6.73. The second-order valence-electron chi connectivity index (χ2n) is 8.85. The van der Waals surface area contributed by atoms with Crippen molar-refractivity contribution in [1.82, 2.24) is 9.80 Å². The van der Waals surface area contributed by atoms with Gasteiger partial charge < -0.3 is 19.9 Å². The van der Waals surface area contributed by atoms with Crippen molar-refractivity contribution in [1.29, 1.82) is 0 Å². The topological polar surface area (TPSA) is 108 Å². The van der Waals surface area contributed by atoms with Crippen LogP contribution in [-0.2, 0) is 9.59 Å². The molecular formula is C25H31N5O5. The first kappa shape index (κ1) is 24.5. The molecule has 0 spiro atoms. The van der Waals surface area contributed by atoms with Crippen LogP contribution in [0.3, 0.4) is 0 Å². The number of methoxy groups -OCH3 is 1. The Morgan fingerprint density at radius 3 is 2.34 bits per heavy atom. The molecule has 0 aliphatic carbocycles. The molecule has 0 radical (unpaired) electrons. The van der Waals surface area contributed by atoms with Gasteiger partial charge in [-0.05, 0) is 44.1 Å². The summed E-state index contributed by atoms with van der Waals surface area (Å²) in [6.07, 6.45) is 1.39. The minimum absolute atomic E-state index is 0.0217. The zero-order valence-electron chi connectivity index (χ0n) is 19.9. The Labute approximate surface area is 204 Å². The maximum absolute atomic E-state index is 12.9. The number of anilines is 2. The quantitative estimate of drug-likeness (QED) is 0.478. The van der Waals surface area contributed by atoms with E-state index in [-0.39, 0.29) is 28.3 Å². The number of nitrogens with zero attached hydrogens (tertiary/aromatic N) is 4. The lowest BCUT2D eigenvalue weighted by molar-refractivity contribution is -0.384. The first-order valence-corrected chi connectivity index (χ1v) is 11.9. The molecule has 2 aromatic carbocycles. The molecule has 0 unspecified atom stereocenters. The lowest BCUT2D eigenvalue weighted by atomic mass is 9.95. The molecule has 2 aromatic rings. The number of likely N-dealkylation sites (tertiary alicyclic amines) is 1. The molecule has 10 nitrogen and oxygen atoms in total. The third kappa shape index (κ3) is 5.89. The van der Waals surface area contributed by atoms with E-state index in [0.717, 1.165) is 0 Å². The molecule has 0 atom stereocenters. The number of ether oxygens (including phenoxy) is 1. The standard InChI is InChI=1S/C25H31N5O5/c1-35-23-9-5-2-6-20(23)26-25(32)19-10-12-27(13-11-19)18-24(31)29-16-14-28(15-17-29)21-7-3-4-8-22(21)30(33)34/h2-9,19H,10-18H2,1H3,(H,26,32). The summed E-state index contributed by atoms with van der Waals surface area (Å²) in [5.74, 6) is 0.568. The van der Waals surface area contributed by atoms with Crippen molar-refractivity contribution in [2.75, 3.05) is 63.1 Å². The fourth-order valence-corrected chi connectivity index (χ4v) is 4.71. The predicted molar refractivity (Wildman–Crippen MR) is 133 cm³/mol. The number of hydrogen-bond acceptors (Lipinski definition) is 7. The van der Waals surface area contributed by atoms with E-state index in [2.05, 4.69) is 10.2 Å². The Morgan fingerprint density at radius 2 is 1.66 bits per heavy atom. The molecule has 0 saturated carbocycles. The molecule has 2 aliphatic rings. The highest BCUT2D eigenvalue weighted by molar-refractivity contribution is 5.94. The molecule has 2 amide bonds. The number of carbonyl (C=O) groups excluding carboxylic acids is 2. The summed E-state index contributed by atoms with van der Waals surface area (Å²) in [7, 11) is 1.58. The van der Waals surface area contributed by atoms with E-state index < -0.39 is 0 Å². The molecule has 186 valence electrons. The number of carbonyl (C=O) groups is 2. The number of piperidine rings is 1. The van der Waals surface area contributed by atoms with Crippen molar-refractivity contribution in [3.05, 3.63) is 58.6 Å². The lowest BCUT2D eigenvalue weighted by Crippen LogP contribution is -2.52. The molecule has 10 heteroatoms. The number of piperazine rings is 1. The third-order valence-corrected chi connectivity index (χ3v) is 6.73. The Bertz CT molecular complexity index is 1060. The highest BCUT2D eigenvalue weighted by Crippen LogP contribution is 2.29. The van der Waals surface area contributed by atoms with Crippen LogP contribution in [-0.4, -0.2) is 79.5 Å². The number of nitrogens with one attached hydrogen (secondary N) is 1. The Balaban J connectivity index is 1.23. The summed E-state index contributed by atoms with van der Waals surface area (Å²) in [6, 6.07) is 14.1. The lowest BCUT2D eigenvalue weighted by Gasteiger charge is -2.37. The van der Waals surface area contributed by atoms with Crippen molar-refractivity contribution >= 4 is 28.9 Å². The van der Waals surface area contributed by atoms with Crippen LogP contribution in [0.5, 0.6) is 5.75 Å². The maximum atomic E-state index is 12.9. The average Bonchev–Trinajstić information content (AvgIpc) is 2.89. The van der Waals surface area contributed by atoms with Crippen LogP contribution in [0, 0.1) is 16.0 Å². The van der Waals surface area contributed by atoms with E-state index in [4.69, 9.17) is 4.74 Å². The van der Waals surface area contributed by atoms with Gasteiger partial charge in [0.2, 0.25) is 11.8 Å². The normalized spacial score (nSPS) is 17.2. The van der Waals surface area contributed by atoms with E-state index in [0.29, 0.717) is 75.8 Å². The summed E-state index contributed by atoms with van der Waals surface area (Å²) in [5, 5.41) is 14.3. The second-order valence-corrected chi connectivity index (χ2v) is 8.85. The molecule has 4 rings (SSSR count). The highest BCUT2D eigenvalue weighted by atomic mass is 16.6. The predicted octanol–water partition coefficient (Wildman–Crippen LogP) is 2.60. The molecule has 2 saturated heterocycles. The van der Waals surface area contributed by atoms with Gasteiger partial charge in [0.25, 0.3) is 5.69 Å². The molecule has 2 heterocycles. The van der Waals surface area contributed by atoms with E-state index in [1.165, 1.54) is 6.07 Å². The zero-order valence-corrected chi connectivity index (χ0v) is 19.9. The summed E-state index contributed by atoms with van der Waals surface area (Å²) >= 11 is 0. The van der Waals surface area contributed by atoms with Crippen LogP contribution in [0.4, 0.5) is 17.1 Å². The zero-order chi connectivity index (χ0) is 24.8. The first-order valence-electron chi connectivity index (χ1n) is 11.9. The minimum Gasteiger partial charge on any atom is -0.495 e. The van der Waals surface area contributed by atoms with Gasteiger partial charge in [-0.1, -0.05) is 24.3 Å². The van der Waals surface area contributed by atoms with Gasteiger partial charge >= 0.3 is 0 Å². The van der Waals surface area contributed by atoms with Gasteiger partial charge in [0, 0.05) is 38.2 Å². The van der Waals surface area contributed by atoms with Gasteiger partial charge in [0.1, 0.15) is 11.4 Å². The number of amides is 2. The van der Waals surface area contributed by atoms with E-state index in [9.17, 15) is 19.7 Å². The number of nitro benzene ring substituents is 1. The summed E-state index contributed by atoms with van der Waals surface area (Å²) in [6.45, 7) is 3.87. The minimum atomic E-state index is -0.368. The molecule has 35 heavy (non-hydrogen) atoms. The fourth-order valence-electron chi connectivity index (χ4n) is 4.71. The summed E-state index contributed by atoms with van der Waals surface area (Å²) < 4.78 is 5.30. The Morgan fingerprint density at radius 1 is 1.00 bits per heavy atom. The van der Waals surface area contributed by atoms with Gasteiger partial charge in [0.15, 0.2) is 0 Å². The molecule has 0 bridgehead atoms. The van der Waals surface area contributed by atoms with E-state index in [1.54, 1.807) is 25.3 Å². The number of para-hydroxylation sites is 4. The monoisotopic (exact) mass is 481 g/mol. The number of nitro groups is 1. The molecule has 2 fully saturated rings. The molecular weight excluding hydrogens is 450 g/mol. The van der Waals surface area contributed by atoms with Crippen molar-refractivity contribution in [3.63, 3.8) is 0 Å². The van der Waals surface area contributed by atoms with Gasteiger partial charge in [0.05, 0.1) is 24.3 Å². The average molecular weight is 482 g/mol. The van der Waals surface area contributed by atoms with Crippen LogP contribution in [0.25, 0.3) is 0 Å². The van der Waals surface area contributed by atoms with E-state index >= 15 is 0 Å². The number of benzene rings is 2. The Hall–Kier alpha value is -3.66. The summed E-state index contributed by atoms with van der Waals surface area (Å²) in [4.78, 5) is 42.4. The maximum Gasteiger partial charge on any atom is 0.292 e. The van der Waals surface area contributed by atoms with Crippen LogP contribution in [0.1, 0.15) is 12.8 Å². The Kier molecular flexibility index (Phi) is 7.81. The van der Waals surface area contributed by atoms with E-state index in [1.807, 2.05) is 34.1 Å². The number of rotatable bonds is 7. The summed E-state index contributed by atoms with van der Waals surface area (Å²) in [5.41, 5.74) is 1.35. The molecule has 1 N–H and O–H groups in total. The van der Waals surface area contributed by atoms with Crippen LogP contribution >= 0.6 is 0 Å². The van der Waals surface area contributed by atoms with Gasteiger partial charge in [-0.2, -0.15) is 0 Å².